The first-order valence-electron chi connectivity index (χ1n) is 11.7. The molecule has 1 saturated carbocycles. The molecule has 1 aliphatic rings. The summed E-state index contributed by atoms with van der Waals surface area (Å²) in [6.07, 6.45) is 6.31. The molecular formula is C26H33N3O3S. The maximum absolute atomic E-state index is 12.5. The molecule has 3 rings (SSSR count). The number of anilines is 2. The third-order valence-corrected chi connectivity index (χ3v) is 5.88. The molecule has 0 spiro atoms. The smallest absolute Gasteiger partial charge is 0.257 e. The molecule has 0 saturated heterocycles. The molecule has 0 radical (unpaired) electrons. The second-order valence-electron chi connectivity index (χ2n) is 8.87. The van der Waals surface area contributed by atoms with Gasteiger partial charge in [-0.1, -0.05) is 39.2 Å². The van der Waals surface area contributed by atoms with E-state index in [0.717, 1.165) is 37.9 Å². The van der Waals surface area contributed by atoms with Gasteiger partial charge in [0.05, 0.1) is 6.61 Å². The van der Waals surface area contributed by atoms with Crippen molar-refractivity contribution >= 4 is 40.5 Å². The summed E-state index contributed by atoms with van der Waals surface area (Å²) in [6, 6.07) is 14.3. The van der Waals surface area contributed by atoms with Gasteiger partial charge in [-0.2, -0.15) is 0 Å². The molecule has 2 amide bonds. The molecule has 1 fully saturated rings. The molecule has 0 aliphatic heterocycles. The topological polar surface area (TPSA) is 79.5 Å². The fourth-order valence-corrected chi connectivity index (χ4v) is 3.95. The second kappa shape index (κ2) is 12.3. The van der Waals surface area contributed by atoms with Crippen LogP contribution in [0.1, 0.15) is 62.7 Å². The highest BCUT2D eigenvalue weighted by molar-refractivity contribution is 7.80. The molecule has 0 unspecified atom stereocenters. The van der Waals surface area contributed by atoms with Crippen molar-refractivity contribution in [2.24, 2.45) is 11.8 Å². The van der Waals surface area contributed by atoms with Gasteiger partial charge in [0.25, 0.3) is 5.91 Å². The van der Waals surface area contributed by atoms with Crippen molar-refractivity contribution in [2.75, 3.05) is 17.2 Å². The molecule has 0 bridgehead atoms. The van der Waals surface area contributed by atoms with Crippen LogP contribution in [0.15, 0.2) is 48.5 Å². The first-order chi connectivity index (χ1) is 15.9. The van der Waals surface area contributed by atoms with Crippen molar-refractivity contribution in [2.45, 2.75) is 52.4 Å². The van der Waals surface area contributed by atoms with Gasteiger partial charge in [-0.05, 0) is 79.9 Å². The van der Waals surface area contributed by atoms with Crippen LogP contribution in [0, 0.1) is 11.8 Å². The summed E-state index contributed by atoms with van der Waals surface area (Å²) in [5, 5.41) is 8.88. The Labute approximate surface area is 201 Å². The summed E-state index contributed by atoms with van der Waals surface area (Å²) in [5.74, 6) is 1.17. The van der Waals surface area contributed by atoms with Gasteiger partial charge in [-0.25, -0.2) is 0 Å². The fraction of sp³-hybridized carbons (Fsp3) is 0.423. The third kappa shape index (κ3) is 8.17. The van der Waals surface area contributed by atoms with Crippen LogP contribution in [0.25, 0.3) is 0 Å². The summed E-state index contributed by atoms with van der Waals surface area (Å²) in [7, 11) is 0. The third-order valence-electron chi connectivity index (χ3n) is 5.67. The molecule has 33 heavy (non-hydrogen) atoms. The zero-order valence-electron chi connectivity index (χ0n) is 19.4. The molecule has 2 aromatic rings. The Bertz CT molecular complexity index is 954. The first-order valence-corrected chi connectivity index (χ1v) is 12.1. The van der Waals surface area contributed by atoms with Gasteiger partial charge in [0.15, 0.2) is 5.11 Å². The van der Waals surface area contributed by atoms with E-state index in [1.54, 1.807) is 24.3 Å². The predicted octanol–water partition coefficient (Wildman–Crippen LogP) is 5.76. The number of ether oxygens (including phenoxy) is 1. The molecule has 1 aliphatic carbocycles. The maximum atomic E-state index is 12.5. The number of carbonyl (C=O) groups excluding carboxylic acids is 2. The van der Waals surface area contributed by atoms with E-state index in [1.165, 1.54) is 6.42 Å². The van der Waals surface area contributed by atoms with E-state index in [-0.39, 0.29) is 22.8 Å². The van der Waals surface area contributed by atoms with Gasteiger partial charge >= 0.3 is 0 Å². The summed E-state index contributed by atoms with van der Waals surface area (Å²) >= 11 is 5.30. The standard InChI is InChI=1S/C26H33N3O3S/c1-18(2)15-16-32-23-13-11-20(12-14-23)25(31)29-26(33)28-22-10-6-9-21(17-22)27-24(30)19-7-4-3-5-8-19/h6,9-14,17-19H,3-5,7-8,15-16H2,1-2H3,(H,27,30)(H2,28,29,31,33). The Morgan fingerprint density at radius 1 is 1.00 bits per heavy atom. The molecular weight excluding hydrogens is 434 g/mol. The molecule has 6 nitrogen and oxygen atoms in total. The number of thiocarbonyl (C=S) groups is 1. The number of nitrogens with one attached hydrogen (secondary N) is 3. The normalized spacial score (nSPS) is 13.9. The maximum Gasteiger partial charge on any atom is 0.257 e. The van der Waals surface area contributed by atoms with Gasteiger partial charge in [0.2, 0.25) is 5.91 Å². The zero-order valence-corrected chi connectivity index (χ0v) is 20.2. The average molecular weight is 468 g/mol. The van der Waals surface area contributed by atoms with Gasteiger partial charge in [-0.15, -0.1) is 0 Å². The van der Waals surface area contributed by atoms with Crippen molar-refractivity contribution in [1.82, 2.24) is 5.32 Å². The minimum Gasteiger partial charge on any atom is -0.494 e. The van der Waals surface area contributed by atoms with E-state index < -0.39 is 0 Å². The van der Waals surface area contributed by atoms with E-state index in [9.17, 15) is 9.59 Å². The fourth-order valence-electron chi connectivity index (χ4n) is 3.74. The summed E-state index contributed by atoms with van der Waals surface area (Å²) in [5.41, 5.74) is 1.89. The van der Waals surface area contributed by atoms with E-state index in [4.69, 9.17) is 17.0 Å². The Hall–Kier alpha value is -2.93. The zero-order chi connectivity index (χ0) is 23.6. The highest BCUT2D eigenvalue weighted by Gasteiger charge is 2.21. The lowest BCUT2D eigenvalue weighted by Gasteiger charge is -2.21. The summed E-state index contributed by atoms with van der Waals surface area (Å²) in [4.78, 5) is 25.0. The number of hydrogen-bond acceptors (Lipinski definition) is 4. The highest BCUT2D eigenvalue weighted by Crippen LogP contribution is 2.25. The van der Waals surface area contributed by atoms with Crippen LogP contribution in [-0.4, -0.2) is 23.5 Å². The number of rotatable bonds is 8. The SMILES string of the molecule is CC(C)CCOc1ccc(C(=O)NC(=S)Nc2cccc(NC(=O)C3CCCCC3)c2)cc1. The van der Waals surface area contributed by atoms with Gasteiger partial charge < -0.3 is 15.4 Å². The first kappa shape index (κ1) is 24.7. The Kier molecular flexibility index (Phi) is 9.24. The molecule has 7 heteroatoms. The van der Waals surface area contributed by atoms with Gasteiger partial charge in [-0.3, -0.25) is 14.9 Å². The second-order valence-corrected chi connectivity index (χ2v) is 9.28. The van der Waals surface area contributed by atoms with Crippen LogP contribution in [0.4, 0.5) is 11.4 Å². The lowest BCUT2D eigenvalue weighted by atomic mass is 9.88. The van der Waals surface area contributed by atoms with E-state index >= 15 is 0 Å². The van der Waals surface area contributed by atoms with Crippen LogP contribution in [0.2, 0.25) is 0 Å². The molecule has 3 N–H and O–H groups in total. The summed E-state index contributed by atoms with van der Waals surface area (Å²) < 4.78 is 5.69. The molecule has 176 valence electrons. The Morgan fingerprint density at radius 2 is 1.67 bits per heavy atom. The van der Waals surface area contributed by atoms with Crippen molar-refractivity contribution in [3.63, 3.8) is 0 Å². The molecule has 0 aromatic heterocycles. The highest BCUT2D eigenvalue weighted by atomic mass is 32.1. The van der Waals surface area contributed by atoms with Crippen LogP contribution in [0.5, 0.6) is 5.75 Å². The predicted molar refractivity (Wildman–Crippen MR) is 137 cm³/mol. The number of carbonyl (C=O) groups is 2. The minimum absolute atomic E-state index is 0.0689. The lowest BCUT2D eigenvalue weighted by molar-refractivity contribution is -0.120. The monoisotopic (exact) mass is 467 g/mol. The average Bonchev–Trinajstić information content (AvgIpc) is 2.80. The van der Waals surface area contributed by atoms with Crippen molar-refractivity contribution in [3.05, 3.63) is 54.1 Å². The minimum atomic E-state index is -0.303. The quantitative estimate of drug-likeness (QED) is 0.430. The van der Waals surface area contributed by atoms with E-state index in [2.05, 4.69) is 29.8 Å². The number of benzene rings is 2. The number of hydrogen-bond donors (Lipinski definition) is 3. The molecule has 0 heterocycles. The Balaban J connectivity index is 1.49. The Morgan fingerprint density at radius 3 is 2.33 bits per heavy atom. The van der Waals surface area contributed by atoms with Crippen molar-refractivity contribution in [1.29, 1.82) is 0 Å². The largest absolute Gasteiger partial charge is 0.494 e. The van der Waals surface area contributed by atoms with Crippen LogP contribution >= 0.6 is 12.2 Å². The number of amides is 2. The van der Waals surface area contributed by atoms with Crippen molar-refractivity contribution in [3.8, 4) is 5.75 Å². The van der Waals surface area contributed by atoms with Gasteiger partial charge in [0.1, 0.15) is 5.75 Å². The van der Waals surface area contributed by atoms with E-state index in [1.807, 2.05) is 24.3 Å². The van der Waals surface area contributed by atoms with Crippen LogP contribution < -0.4 is 20.7 Å². The molecule has 0 atom stereocenters. The summed E-state index contributed by atoms with van der Waals surface area (Å²) in [6.45, 7) is 4.95. The lowest BCUT2D eigenvalue weighted by Crippen LogP contribution is -2.34. The van der Waals surface area contributed by atoms with E-state index in [0.29, 0.717) is 29.5 Å². The van der Waals surface area contributed by atoms with Crippen LogP contribution in [-0.2, 0) is 4.79 Å². The van der Waals surface area contributed by atoms with Crippen LogP contribution in [0.3, 0.4) is 0 Å². The molecule has 2 aromatic carbocycles. The van der Waals surface area contributed by atoms with Crippen molar-refractivity contribution < 1.29 is 14.3 Å². The van der Waals surface area contributed by atoms with Gasteiger partial charge in [0, 0.05) is 22.9 Å².